The third-order valence-electron chi connectivity index (χ3n) is 5.43. The van der Waals surface area contributed by atoms with Crippen molar-refractivity contribution in [2.45, 2.75) is 24.8 Å². The fourth-order valence-corrected chi connectivity index (χ4v) is 4.19. The molecule has 1 atom stereocenters. The van der Waals surface area contributed by atoms with Crippen LogP contribution in [0.4, 0.5) is 10.6 Å². The Morgan fingerprint density at radius 3 is 3.16 bits per heavy atom. The van der Waals surface area contributed by atoms with E-state index in [9.17, 15) is 4.79 Å². The Morgan fingerprint density at radius 1 is 1.44 bits per heavy atom. The summed E-state index contributed by atoms with van der Waals surface area (Å²) >= 11 is 0. The van der Waals surface area contributed by atoms with Gasteiger partial charge in [-0.3, -0.25) is 0 Å². The zero-order chi connectivity index (χ0) is 17.4. The average Bonchev–Trinajstić information content (AvgIpc) is 3.34. The molecule has 4 rings (SSSR count). The number of nitrogens with zero attached hydrogens (tertiary/aromatic N) is 6. The van der Waals surface area contributed by atoms with E-state index < -0.39 is 0 Å². The summed E-state index contributed by atoms with van der Waals surface area (Å²) in [5.41, 5.74) is 0.674. The SMILES string of the molecule is CN(CC#N)C(=O)N1CCCC12CCN(c1ncnc3[nH]ccc13)C2. The second-order valence-corrected chi connectivity index (χ2v) is 6.89. The van der Waals surface area contributed by atoms with E-state index in [-0.39, 0.29) is 18.1 Å². The minimum atomic E-state index is -0.158. The van der Waals surface area contributed by atoms with Gasteiger partial charge < -0.3 is 19.7 Å². The molecule has 2 saturated heterocycles. The van der Waals surface area contributed by atoms with Crippen LogP contribution in [0.1, 0.15) is 19.3 Å². The van der Waals surface area contributed by atoms with Crippen LogP contribution in [0.3, 0.4) is 0 Å². The van der Waals surface area contributed by atoms with Crippen molar-refractivity contribution in [1.82, 2.24) is 24.8 Å². The largest absolute Gasteiger partial charge is 0.354 e. The molecule has 0 aromatic carbocycles. The second-order valence-electron chi connectivity index (χ2n) is 6.89. The third-order valence-corrected chi connectivity index (χ3v) is 5.43. The first-order chi connectivity index (χ1) is 12.1. The van der Waals surface area contributed by atoms with Crippen molar-refractivity contribution in [2.24, 2.45) is 0 Å². The van der Waals surface area contributed by atoms with Gasteiger partial charge in [0.05, 0.1) is 17.0 Å². The molecule has 2 fully saturated rings. The van der Waals surface area contributed by atoms with Crippen LogP contribution in [0.25, 0.3) is 11.0 Å². The number of H-pyrrole nitrogens is 1. The summed E-state index contributed by atoms with van der Waals surface area (Å²) in [7, 11) is 1.69. The molecule has 0 saturated carbocycles. The number of anilines is 1. The van der Waals surface area contributed by atoms with E-state index in [2.05, 4.69) is 25.9 Å². The van der Waals surface area contributed by atoms with E-state index in [1.165, 1.54) is 4.90 Å². The Balaban J connectivity index is 1.59. The number of carbonyl (C=O) groups excluding carboxylic acids is 1. The average molecular weight is 339 g/mol. The van der Waals surface area contributed by atoms with Crippen molar-refractivity contribution in [2.75, 3.05) is 38.1 Å². The van der Waals surface area contributed by atoms with Crippen molar-refractivity contribution < 1.29 is 4.79 Å². The van der Waals surface area contributed by atoms with Gasteiger partial charge in [-0.1, -0.05) is 0 Å². The molecule has 0 aliphatic carbocycles. The lowest BCUT2D eigenvalue weighted by Gasteiger charge is -2.37. The third kappa shape index (κ3) is 2.47. The summed E-state index contributed by atoms with van der Waals surface area (Å²) in [6.45, 7) is 2.51. The summed E-state index contributed by atoms with van der Waals surface area (Å²) in [5, 5.41) is 9.88. The summed E-state index contributed by atoms with van der Waals surface area (Å²) < 4.78 is 0. The normalized spacial score (nSPS) is 22.7. The molecule has 25 heavy (non-hydrogen) atoms. The van der Waals surface area contributed by atoms with E-state index in [1.54, 1.807) is 13.4 Å². The molecule has 2 aliphatic heterocycles. The number of hydrogen-bond acceptors (Lipinski definition) is 5. The van der Waals surface area contributed by atoms with Gasteiger partial charge in [0.15, 0.2) is 0 Å². The van der Waals surface area contributed by atoms with Gasteiger partial charge >= 0.3 is 6.03 Å². The van der Waals surface area contributed by atoms with Gasteiger partial charge in [-0.05, 0) is 25.3 Å². The Labute approximate surface area is 146 Å². The highest BCUT2D eigenvalue weighted by Crippen LogP contribution is 2.40. The first-order valence-electron chi connectivity index (χ1n) is 8.57. The maximum atomic E-state index is 12.8. The summed E-state index contributed by atoms with van der Waals surface area (Å²) in [5.74, 6) is 0.924. The molecule has 8 heteroatoms. The quantitative estimate of drug-likeness (QED) is 0.839. The number of fused-ring (bicyclic) bond motifs is 1. The molecule has 2 amide bonds. The molecule has 2 aliphatic rings. The molecule has 1 spiro atoms. The van der Waals surface area contributed by atoms with Crippen LogP contribution in [-0.2, 0) is 0 Å². The molecule has 130 valence electrons. The van der Waals surface area contributed by atoms with Crippen LogP contribution < -0.4 is 4.90 Å². The van der Waals surface area contributed by atoms with Crippen LogP contribution >= 0.6 is 0 Å². The van der Waals surface area contributed by atoms with Crippen LogP contribution in [0.2, 0.25) is 0 Å². The zero-order valence-electron chi connectivity index (χ0n) is 14.3. The van der Waals surface area contributed by atoms with Gasteiger partial charge in [0.1, 0.15) is 24.3 Å². The molecule has 0 radical (unpaired) electrons. The Hall–Kier alpha value is -2.82. The van der Waals surface area contributed by atoms with Crippen molar-refractivity contribution in [3.63, 3.8) is 0 Å². The zero-order valence-corrected chi connectivity index (χ0v) is 14.3. The van der Waals surface area contributed by atoms with Crippen LogP contribution in [0.5, 0.6) is 0 Å². The molecule has 1 N–H and O–H groups in total. The number of nitrogens with one attached hydrogen (secondary N) is 1. The predicted molar refractivity (Wildman–Crippen MR) is 93.0 cm³/mol. The molecule has 8 nitrogen and oxygen atoms in total. The van der Waals surface area contributed by atoms with Gasteiger partial charge in [0.25, 0.3) is 0 Å². The number of aromatic nitrogens is 3. The number of urea groups is 1. The van der Waals surface area contributed by atoms with Gasteiger partial charge in [0.2, 0.25) is 0 Å². The van der Waals surface area contributed by atoms with Crippen LogP contribution in [0.15, 0.2) is 18.6 Å². The smallest absolute Gasteiger partial charge is 0.321 e. The number of aromatic amines is 1. The Morgan fingerprint density at radius 2 is 2.32 bits per heavy atom. The molecular weight excluding hydrogens is 318 g/mol. The molecule has 4 heterocycles. The highest BCUT2D eigenvalue weighted by molar-refractivity contribution is 5.87. The summed E-state index contributed by atoms with van der Waals surface area (Å²) in [6, 6.07) is 4.00. The van der Waals surface area contributed by atoms with E-state index in [0.29, 0.717) is 0 Å². The van der Waals surface area contributed by atoms with Crippen molar-refractivity contribution in [3.05, 3.63) is 18.6 Å². The second kappa shape index (κ2) is 5.92. The molecule has 2 aromatic heterocycles. The topological polar surface area (TPSA) is 92.2 Å². The lowest BCUT2D eigenvalue weighted by atomic mass is 9.95. The van der Waals surface area contributed by atoms with E-state index in [1.807, 2.05) is 17.2 Å². The lowest BCUT2D eigenvalue weighted by Crippen LogP contribution is -2.53. The molecule has 0 bridgehead atoms. The van der Waals surface area contributed by atoms with E-state index in [4.69, 9.17) is 5.26 Å². The lowest BCUT2D eigenvalue weighted by molar-refractivity contribution is 0.130. The van der Waals surface area contributed by atoms with Crippen LogP contribution in [0, 0.1) is 11.3 Å². The number of rotatable bonds is 2. The van der Waals surface area contributed by atoms with Gasteiger partial charge in [-0.15, -0.1) is 0 Å². The number of likely N-dealkylation sites (tertiary alicyclic amines) is 1. The van der Waals surface area contributed by atoms with E-state index in [0.717, 1.165) is 55.7 Å². The summed E-state index contributed by atoms with van der Waals surface area (Å²) in [4.78, 5) is 30.4. The first kappa shape index (κ1) is 15.7. The van der Waals surface area contributed by atoms with Crippen molar-refractivity contribution >= 4 is 22.9 Å². The standard InChI is InChI=1S/C17H21N7O/c1-22(10-6-18)16(25)24-8-2-4-17(24)5-9-23(11-17)15-13-3-7-19-14(13)20-12-21-15/h3,7,12H,2,4-5,8-11H2,1H3,(H,19,20,21). The fourth-order valence-electron chi connectivity index (χ4n) is 4.19. The fraction of sp³-hybridized carbons (Fsp3) is 0.529. The first-order valence-corrected chi connectivity index (χ1v) is 8.57. The Bertz CT molecular complexity index is 841. The maximum absolute atomic E-state index is 12.8. The maximum Gasteiger partial charge on any atom is 0.321 e. The van der Waals surface area contributed by atoms with Crippen molar-refractivity contribution in [1.29, 1.82) is 5.26 Å². The van der Waals surface area contributed by atoms with E-state index >= 15 is 0 Å². The monoisotopic (exact) mass is 339 g/mol. The van der Waals surface area contributed by atoms with Gasteiger partial charge in [-0.2, -0.15) is 5.26 Å². The number of hydrogen-bond donors (Lipinski definition) is 1. The predicted octanol–water partition coefficient (Wildman–Crippen LogP) is 1.58. The molecule has 2 aromatic rings. The number of carbonyl (C=O) groups is 1. The Kier molecular flexibility index (Phi) is 3.71. The minimum Gasteiger partial charge on any atom is -0.354 e. The van der Waals surface area contributed by atoms with Crippen molar-refractivity contribution in [3.8, 4) is 6.07 Å². The van der Waals surface area contributed by atoms with Gasteiger partial charge in [0, 0.05) is 32.9 Å². The summed E-state index contributed by atoms with van der Waals surface area (Å²) in [6.07, 6.45) is 6.38. The number of nitriles is 1. The minimum absolute atomic E-state index is 0.0459. The highest BCUT2D eigenvalue weighted by Gasteiger charge is 2.49. The molecular formula is C17H21N7O. The highest BCUT2D eigenvalue weighted by atomic mass is 16.2. The molecule has 1 unspecified atom stereocenters. The van der Waals surface area contributed by atoms with Gasteiger partial charge in [-0.25, -0.2) is 14.8 Å². The number of amides is 2. The van der Waals surface area contributed by atoms with Crippen LogP contribution in [-0.4, -0.2) is 69.5 Å².